The van der Waals surface area contributed by atoms with Gasteiger partial charge < -0.3 is 10.1 Å². The summed E-state index contributed by atoms with van der Waals surface area (Å²) in [4.78, 5) is 17.8. The molecule has 0 amide bonds. The summed E-state index contributed by atoms with van der Waals surface area (Å²) in [6.07, 6.45) is 1.99. The van der Waals surface area contributed by atoms with E-state index >= 15 is 0 Å². The number of pyridine rings is 1. The second-order valence-corrected chi connectivity index (χ2v) is 6.13. The van der Waals surface area contributed by atoms with Crippen molar-refractivity contribution in [1.29, 1.82) is 0 Å². The minimum Gasteiger partial charge on any atom is -0.457 e. The van der Waals surface area contributed by atoms with Crippen LogP contribution in [0, 0.1) is 0 Å². The van der Waals surface area contributed by atoms with Crippen LogP contribution in [0.3, 0.4) is 0 Å². The van der Waals surface area contributed by atoms with Crippen molar-refractivity contribution in [2.45, 2.75) is 31.9 Å². The second kappa shape index (κ2) is 5.14. The Morgan fingerprint density at radius 1 is 1.50 bits per heavy atom. The molecule has 1 aromatic rings. The van der Waals surface area contributed by atoms with Gasteiger partial charge in [-0.25, -0.2) is 0 Å². The van der Waals surface area contributed by atoms with E-state index < -0.39 is 0 Å². The molecule has 0 bridgehead atoms. The van der Waals surface area contributed by atoms with Crippen LogP contribution in [0.25, 0.3) is 0 Å². The zero-order chi connectivity index (χ0) is 14.2. The Morgan fingerprint density at radius 2 is 2.25 bits per heavy atom. The van der Waals surface area contributed by atoms with E-state index in [1.807, 2.05) is 13.1 Å². The highest BCUT2D eigenvalue weighted by atomic mass is 16.6. The summed E-state index contributed by atoms with van der Waals surface area (Å²) in [5, 5.41) is 3.27. The van der Waals surface area contributed by atoms with Gasteiger partial charge in [-0.2, -0.15) is 0 Å². The first-order chi connectivity index (χ1) is 9.54. The maximum atomic E-state index is 11.0. The molecule has 3 heterocycles. The summed E-state index contributed by atoms with van der Waals surface area (Å²) in [5.41, 5.74) is 2.08. The lowest BCUT2D eigenvalue weighted by Gasteiger charge is -2.46. The standard InChI is InChI=1S/C15H21N3O2/c1-11(19)20-15(2)9-18(10-15)8-14-4-3-12(7-17-14)13-5-16-6-13/h3-4,7,13,16H,5-6,8-10H2,1-2H3. The number of nitrogens with one attached hydrogen (secondary N) is 1. The van der Waals surface area contributed by atoms with E-state index in [-0.39, 0.29) is 11.6 Å². The summed E-state index contributed by atoms with van der Waals surface area (Å²) < 4.78 is 5.31. The monoisotopic (exact) mass is 275 g/mol. The number of ether oxygens (including phenoxy) is 1. The average Bonchev–Trinajstić information content (AvgIpc) is 2.26. The number of rotatable bonds is 4. The highest BCUT2D eigenvalue weighted by Gasteiger charge is 2.41. The van der Waals surface area contributed by atoms with Crippen LogP contribution in [0.2, 0.25) is 0 Å². The lowest BCUT2D eigenvalue weighted by Crippen LogP contribution is -2.61. The predicted octanol–water partition coefficient (Wildman–Crippen LogP) is 0.906. The van der Waals surface area contributed by atoms with E-state index in [2.05, 4.69) is 27.3 Å². The predicted molar refractivity (Wildman–Crippen MR) is 75.3 cm³/mol. The van der Waals surface area contributed by atoms with Gasteiger partial charge in [0.05, 0.1) is 5.69 Å². The molecule has 2 fully saturated rings. The Labute approximate surface area is 119 Å². The highest BCUT2D eigenvalue weighted by molar-refractivity contribution is 5.66. The summed E-state index contributed by atoms with van der Waals surface area (Å²) in [7, 11) is 0. The molecule has 20 heavy (non-hydrogen) atoms. The fraction of sp³-hybridized carbons (Fsp3) is 0.600. The van der Waals surface area contributed by atoms with Crippen molar-refractivity contribution in [1.82, 2.24) is 15.2 Å². The van der Waals surface area contributed by atoms with Gasteiger partial charge in [-0.3, -0.25) is 14.7 Å². The summed E-state index contributed by atoms with van der Waals surface area (Å²) in [5.74, 6) is 0.427. The van der Waals surface area contributed by atoms with E-state index in [0.29, 0.717) is 5.92 Å². The normalized spacial score (nSPS) is 21.9. The van der Waals surface area contributed by atoms with Gasteiger partial charge in [-0.15, -0.1) is 0 Å². The Kier molecular flexibility index (Phi) is 3.48. The Hall–Kier alpha value is -1.46. The lowest BCUT2D eigenvalue weighted by atomic mass is 9.94. The number of aromatic nitrogens is 1. The van der Waals surface area contributed by atoms with Gasteiger partial charge in [0.2, 0.25) is 0 Å². The molecule has 0 spiro atoms. The number of carbonyl (C=O) groups is 1. The Balaban J connectivity index is 1.51. The molecular weight excluding hydrogens is 254 g/mol. The van der Waals surface area contributed by atoms with Gasteiger partial charge in [-0.05, 0) is 18.6 Å². The molecule has 2 aliphatic heterocycles. The first-order valence-electron chi connectivity index (χ1n) is 7.12. The van der Waals surface area contributed by atoms with Crippen LogP contribution in [-0.4, -0.2) is 47.6 Å². The van der Waals surface area contributed by atoms with Gasteiger partial charge in [0, 0.05) is 51.8 Å². The van der Waals surface area contributed by atoms with Crippen LogP contribution >= 0.6 is 0 Å². The molecule has 3 rings (SSSR count). The third-order valence-electron chi connectivity index (χ3n) is 3.99. The lowest BCUT2D eigenvalue weighted by molar-refractivity contribution is -0.174. The third kappa shape index (κ3) is 2.83. The number of carbonyl (C=O) groups excluding carboxylic acids is 1. The fourth-order valence-electron chi connectivity index (χ4n) is 2.95. The molecule has 0 aliphatic carbocycles. The molecule has 2 saturated heterocycles. The first-order valence-corrected chi connectivity index (χ1v) is 7.12. The molecule has 1 N–H and O–H groups in total. The summed E-state index contributed by atoms with van der Waals surface area (Å²) in [6.45, 7) is 7.95. The van der Waals surface area contributed by atoms with Gasteiger partial charge in [0.25, 0.3) is 0 Å². The molecule has 0 unspecified atom stereocenters. The van der Waals surface area contributed by atoms with Gasteiger partial charge in [-0.1, -0.05) is 6.07 Å². The van der Waals surface area contributed by atoms with Gasteiger partial charge in [0.1, 0.15) is 5.60 Å². The van der Waals surface area contributed by atoms with Crippen molar-refractivity contribution in [2.24, 2.45) is 0 Å². The zero-order valence-electron chi connectivity index (χ0n) is 12.1. The van der Waals surface area contributed by atoms with Crippen LogP contribution in [0.5, 0.6) is 0 Å². The van der Waals surface area contributed by atoms with Gasteiger partial charge in [0.15, 0.2) is 0 Å². The molecule has 0 atom stereocenters. The highest BCUT2D eigenvalue weighted by Crippen LogP contribution is 2.26. The van der Waals surface area contributed by atoms with Crippen LogP contribution < -0.4 is 5.32 Å². The molecule has 5 heteroatoms. The van der Waals surface area contributed by atoms with Crippen LogP contribution in [-0.2, 0) is 16.1 Å². The quantitative estimate of drug-likeness (QED) is 0.828. The maximum Gasteiger partial charge on any atom is 0.303 e. The number of nitrogens with zero attached hydrogens (tertiary/aromatic N) is 2. The molecular formula is C15H21N3O2. The fourth-order valence-corrected chi connectivity index (χ4v) is 2.95. The topological polar surface area (TPSA) is 54.5 Å². The minimum absolute atomic E-state index is 0.205. The molecule has 108 valence electrons. The van der Waals surface area contributed by atoms with Crippen LogP contribution in [0.1, 0.15) is 31.0 Å². The molecule has 1 aromatic heterocycles. The van der Waals surface area contributed by atoms with Crippen molar-refractivity contribution in [2.75, 3.05) is 26.2 Å². The number of likely N-dealkylation sites (tertiary alicyclic amines) is 1. The molecule has 2 aliphatic rings. The maximum absolute atomic E-state index is 11.0. The average molecular weight is 275 g/mol. The molecule has 0 radical (unpaired) electrons. The smallest absolute Gasteiger partial charge is 0.303 e. The number of esters is 1. The SMILES string of the molecule is CC(=O)OC1(C)CN(Cc2ccc(C3CNC3)cn2)C1. The zero-order valence-corrected chi connectivity index (χ0v) is 12.1. The molecule has 0 aromatic carbocycles. The van der Waals surface area contributed by atoms with Crippen molar-refractivity contribution in [3.8, 4) is 0 Å². The number of hydrogen-bond donors (Lipinski definition) is 1. The first kappa shape index (κ1) is 13.5. The van der Waals surface area contributed by atoms with Crippen molar-refractivity contribution in [3.63, 3.8) is 0 Å². The third-order valence-corrected chi connectivity index (χ3v) is 3.99. The minimum atomic E-state index is -0.316. The van der Waals surface area contributed by atoms with E-state index in [4.69, 9.17) is 4.74 Å². The van der Waals surface area contributed by atoms with Gasteiger partial charge >= 0.3 is 5.97 Å². The largest absolute Gasteiger partial charge is 0.457 e. The van der Waals surface area contributed by atoms with Crippen molar-refractivity contribution < 1.29 is 9.53 Å². The van der Waals surface area contributed by atoms with Crippen LogP contribution in [0.4, 0.5) is 0 Å². The molecule has 5 nitrogen and oxygen atoms in total. The summed E-state index contributed by atoms with van der Waals surface area (Å²) >= 11 is 0. The molecule has 0 saturated carbocycles. The summed E-state index contributed by atoms with van der Waals surface area (Å²) in [6, 6.07) is 4.29. The number of hydrogen-bond acceptors (Lipinski definition) is 5. The Morgan fingerprint density at radius 3 is 2.75 bits per heavy atom. The van der Waals surface area contributed by atoms with E-state index in [0.717, 1.165) is 38.4 Å². The van der Waals surface area contributed by atoms with Crippen molar-refractivity contribution in [3.05, 3.63) is 29.6 Å². The van der Waals surface area contributed by atoms with Crippen LogP contribution in [0.15, 0.2) is 18.3 Å². The van der Waals surface area contributed by atoms with E-state index in [9.17, 15) is 4.79 Å². The van der Waals surface area contributed by atoms with E-state index in [1.54, 1.807) is 0 Å². The van der Waals surface area contributed by atoms with Crippen molar-refractivity contribution >= 4 is 5.97 Å². The Bertz CT molecular complexity index is 490. The second-order valence-electron chi connectivity index (χ2n) is 6.13. The van der Waals surface area contributed by atoms with E-state index in [1.165, 1.54) is 12.5 Å².